The number of pyridine rings is 1. The van der Waals surface area contributed by atoms with Gasteiger partial charge < -0.3 is 0 Å². The third-order valence-electron chi connectivity index (χ3n) is 4.67. The molecule has 2 atom stereocenters. The number of hydrogen-bond donors (Lipinski definition) is 0. The van der Waals surface area contributed by atoms with E-state index < -0.39 is 17.2 Å². The molecule has 0 N–H and O–H groups in total. The van der Waals surface area contributed by atoms with Gasteiger partial charge in [-0.25, -0.2) is 18.6 Å². The van der Waals surface area contributed by atoms with E-state index in [1.165, 1.54) is 18.1 Å². The van der Waals surface area contributed by atoms with Crippen LogP contribution >= 0.6 is 0 Å². The number of carbonyl (C=O) groups is 1. The van der Waals surface area contributed by atoms with E-state index in [0.717, 1.165) is 6.92 Å². The number of carbonyl (C=O) groups excluding carboxylic acids is 1. The molecule has 0 saturated carbocycles. The van der Waals surface area contributed by atoms with Crippen LogP contribution in [0.15, 0.2) is 18.5 Å². The standard InChI is InChI=1S/C15H16F2N4O/c1-14(15(2,16)17)9-20-5-4-12(21(20)13(14)22)10-6-11(18-3)8-19-7-10/h6-8,12H,4-5,9H2,1-2H3/t12-,14-/m1/s1. The summed E-state index contributed by atoms with van der Waals surface area (Å²) in [6.45, 7) is 9.71. The molecule has 2 fully saturated rings. The summed E-state index contributed by atoms with van der Waals surface area (Å²) in [6.07, 6.45) is 3.69. The lowest BCUT2D eigenvalue weighted by Gasteiger charge is -2.30. The Hall–Kier alpha value is -2.07. The van der Waals surface area contributed by atoms with Crippen LogP contribution in [0.3, 0.4) is 0 Å². The van der Waals surface area contributed by atoms with Gasteiger partial charge in [0.2, 0.25) is 5.69 Å². The van der Waals surface area contributed by atoms with E-state index in [0.29, 0.717) is 24.2 Å². The lowest BCUT2D eigenvalue weighted by atomic mass is 9.83. The Kier molecular flexibility index (Phi) is 3.18. The van der Waals surface area contributed by atoms with Gasteiger partial charge in [0.15, 0.2) is 0 Å². The summed E-state index contributed by atoms with van der Waals surface area (Å²) in [6, 6.07) is 1.34. The normalized spacial score (nSPS) is 28.8. The third-order valence-corrected chi connectivity index (χ3v) is 4.67. The van der Waals surface area contributed by atoms with Crippen molar-refractivity contribution in [3.63, 3.8) is 0 Å². The molecular formula is C15H16F2N4O. The van der Waals surface area contributed by atoms with Crippen LogP contribution in [0.5, 0.6) is 0 Å². The maximum Gasteiger partial charge on any atom is 0.260 e. The Balaban J connectivity index is 1.95. The van der Waals surface area contributed by atoms with Gasteiger partial charge in [0.05, 0.1) is 12.6 Å². The minimum absolute atomic E-state index is 0.0156. The summed E-state index contributed by atoms with van der Waals surface area (Å²) in [4.78, 5) is 19.9. The van der Waals surface area contributed by atoms with Crippen molar-refractivity contribution in [2.75, 3.05) is 13.1 Å². The lowest BCUT2D eigenvalue weighted by molar-refractivity contribution is -0.156. The highest BCUT2D eigenvalue weighted by molar-refractivity contribution is 5.86. The smallest absolute Gasteiger partial charge is 0.260 e. The maximum atomic E-state index is 13.9. The van der Waals surface area contributed by atoms with Gasteiger partial charge in [0, 0.05) is 32.4 Å². The first-order valence-electron chi connectivity index (χ1n) is 7.07. The predicted molar refractivity (Wildman–Crippen MR) is 75.0 cm³/mol. The summed E-state index contributed by atoms with van der Waals surface area (Å²) < 4.78 is 27.8. The van der Waals surface area contributed by atoms with E-state index in [4.69, 9.17) is 6.57 Å². The highest BCUT2D eigenvalue weighted by Crippen LogP contribution is 2.48. The molecule has 2 aliphatic heterocycles. The molecule has 0 aliphatic carbocycles. The SMILES string of the molecule is [C-]#[N+]c1cncc([C@H]2CCN3C[C@@](C)(C(C)(F)F)C(=O)N23)c1. The lowest BCUT2D eigenvalue weighted by Crippen LogP contribution is -2.45. The maximum absolute atomic E-state index is 13.9. The fourth-order valence-corrected chi connectivity index (χ4v) is 3.13. The highest BCUT2D eigenvalue weighted by Gasteiger charge is 2.62. The first-order chi connectivity index (χ1) is 10.3. The molecule has 3 heterocycles. The van der Waals surface area contributed by atoms with Gasteiger partial charge in [0.25, 0.3) is 11.8 Å². The van der Waals surface area contributed by atoms with Gasteiger partial charge in [-0.2, -0.15) is 0 Å². The Morgan fingerprint density at radius 3 is 2.86 bits per heavy atom. The van der Waals surface area contributed by atoms with Crippen molar-refractivity contribution in [3.05, 3.63) is 35.4 Å². The molecule has 7 heteroatoms. The topological polar surface area (TPSA) is 40.8 Å². The van der Waals surface area contributed by atoms with Crippen LogP contribution in [0.4, 0.5) is 14.5 Å². The average molecular weight is 306 g/mol. The molecule has 3 rings (SSSR count). The number of halogens is 2. The van der Waals surface area contributed by atoms with Gasteiger partial charge in [0.1, 0.15) is 5.41 Å². The van der Waals surface area contributed by atoms with Gasteiger partial charge in [-0.15, -0.1) is 0 Å². The van der Waals surface area contributed by atoms with E-state index in [2.05, 4.69) is 9.83 Å². The molecule has 1 amide bonds. The molecule has 116 valence electrons. The monoisotopic (exact) mass is 306 g/mol. The summed E-state index contributed by atoms with van der Waals surface area (Å²) in [5.74, 6) is -3.65. The van der Waals surface area contributed by atoms with Crippen molar-refractivity contribution >= 4 is 11.6 Å². The first-order valence-corrected chi connectivity index (χ1v) is 7.07. The molecule has 0 unspecified atom stereocenters. The molecule has 0 aromatic carbocycles. The van der Waals surface area contributed by atoms with Crippen LogP contribution in [0.2, 0.25) is 0 Å². The summed E-state index contributed by atoms with van der Waals surface area (Å²) in [5.41, 5.74) is -0.615. The number of amides is 1. The largest absolute Gasteiger partial charge is 0.276 e. The van der Waals surface area contributed by atoms with Gasteiger partial charge in [-0.3, -0.25) is 14.8 Å². The second kappa shape index (κ2) is 4.71. The van der Waals surface area contributed by atoms with E-state index in [-0.39, 0.29) is 12.6 Å². The second-order valence-corrected chi connectivity index (χ2v) is 6.15. The number of nitrogens with zero attached hydrogens (tertiary/aromatic N) is 4. The van der Waals surface area contributed by atoms with Crippen LogP contribution in [-0.2, 0) is 4.79 Å². The Morgan fingerprint density at radius 2 is 2.23 bits per heavy atom. The molecule has 0 radical (unpaired) electrons. The minimum atomic E-state index is -3.09. The first kappa shape index (κ1) is 14.9. The van der Waals surface area contributed by atoms with E-state index >= 15 is 0 Å². The molecule has 0 spiro atoms. The fraction of sp³-hybridized carbons (Fsp3) is 0.533. The number of hydrogen-bond acceptors (Lipinski definition) is 3. The number of hydrazine groups is 1. The second-order valence-electron chi connectivity index (χ2n) is 6.15. The number of aromatic nitrogens is 1. The Bertz CT molecular complexity index is 666. The van der Waals surface area contributed by atoms with E-state index in [9.17, 15) is 13.6 Å². The number of alkyl halides is 2. The zero-order valence-electron chi connectivity index (χ0n) is 12.4. The van der Waals surface area contributed by atoms with Crippen molar-refractivity contribution in [2.24, 2.45) is 5.41 Å². The number of fused-ring (bicyclic) bond motifs is 1. The fourth-order valence-electron chi connectivity index (χ4n) is 3.13. The van der Waals surface area contributed by atoms with Crippen molar-refractivity contribution in [1.82, 2.24) is 15.0 Å². The minimum Gasteiger partial charge on any atom is -0.276 e. The Labute approximate surface area is 127 Å². The van der Waals surface area contributed by atoms with Gasteiger partial charge >= 0.3 is 0 Å². The number of rotatable bonds is 2. The quantitative estimate of drug-likeness (QED) is 0.789. The van der Waals surface area contributed by atoms with Crippen molar-refractivity contribution in [1.29, 1.82) is 0 Å². The van der Waals surface area contributed by atoms with E-state index in [1.54, 1.807) is 17.3 Å². The molecule has 1 aromatic heterocycles. The Morgan fingerprint density at radius 1 is 1.50 bits per heavy atom. The third kappa shape index (κ3) is 1.98. The summed E-state index contributed by atoms with van der Waals surface area (Å²) in [7, 11) is 0. The van der Waals surface area contributed by atoms with Gasteiger partial charge in [-0.05, 0) is 25.0 Å². The summed E-state index contributed by atoms with van der Waals surface area (Å²) in [5, 5.41) is 3.12. The van der Waals surface area contributed by atoms with Crippen LogP contribution < -0.4 is 0 Å². The van der Waals surface area contributed by atoms with Crippen LogP contribution in [0.25, 0.3) is 4.85 Å². The van der Waals surface area contributed by atoms with Crippen molar-refractivity contribution < 1.29 is 13.6 Å². The molecule has 2 saturated heterocycles. The van der Waals surface area contributed by atoms with Crippen molar-refractivity contribution in [3.8, 4) is 0 Å². The van der Waals surface area contributed by atoms with E-state index in [1.807, 2.05) is 0 Å². The molecular weight excluding hydrogens is 290 g/mol. The zero-order chi connectivity index (χ0) is 16.1. The van der Waals surface area contributed by atoms with Gasteiger partial charge in [-0.1, -0.05) is 0 Å². The molecule has 22 heavy (non-hydrogen) atoms. The highest BCUT2D eigenvalue weighted by atomic mass is 19.3. The van der Waals surface area contributed by atoms with Crippen molar-refractivity contribution in [2.45, 2.75) is 32.2 Å². The van der Waals surface area contributed by atoms with Crippen LogP contribution in [-0.4, -0.2) is 39.9 Å². The average Bonchev–Trinajstić information content (AvgIpc) is 2.98. The zero-order valence-corrected chi connectivity index (χ0v) is 12.4. The molecule has 2 aliphatic rings. The van der Waals surface area contributed by atoms with Crippen LogP contribution in [0, 0.1) is 12.0 Å². The molecule has 1 aromatic rings. The van der Waals surface area contributed by atoms with Crippen LogP contribution in [0.1, 0.15) is 31.9 Å². The predicted octanol–water partition coefficient (Wildman–Crippen LogP) is 2.80. The molecule has 0 bridgehead atoms. The summed E-state index contributed by atoms with van der Waals surface area (Å²) >= 11 is 0. The molecule has 5 nitrogen and oxygen atoms in total.